The highest BCUT2D eigenvalue weighted by Gasteiger charge is 2.25. The Morgan fingerprint density at radius 3 is 2.95 bits per heavy atom. The number of halogens is 1. The Hall–Kier alpha value is -1.89. The molecule has 0 radical (unpaired) electrons. The van der Waals surface area contributed by atoms with Crippen molar-refractivity contribution in [3.8, 4) is 0 Å². The van der Waals surface area contributed by atoms with E-state index in [1.54, 1.807) is 12.1 Å². The molecular weight excluding hydrogens is 348 g/mol. The SMILES string of the molecule is Cn1cc(CC2CCN(c3ccc([N+](=O)[O-])cc3Br)C2)cn1. The van der Waals surface area contributed by atoms with Crippen molar-refractivity contribution in [2.75, 3.05) is 18.0 Å². The van der Waals surface area contributed by atoms with Crippen LogP contribution < -0.4 is 4.90 Å². The van der Waals surface area contributed by atoms with E-state index in [1.807, 2.05) is 24.0 Å². The average molecular weight is 365 g/mol. The van der Waals surface area contributed by atoms with E-state index >= 15 is 0 Å². The van der Waals surface area contributed by atoms with Crippen molar-refractivity contribution in [1.82, 2.24) is 9.78 Å². The van der Waals surface area contributed by atoms with E-state index in [0.717, 1.165) is 36.1 Å². The molecular formula is C15H17BrN4O2. The predicted octanol–water partition coefficient (Wildman–Crippen LogP) is 3.16. The van der Waals surface area contributed by atoms with Crippen molar-refractivity contribution >= 4 is 27.3 Å². The molecule has 0 amide bonds. The van der Waals surface area contributed by atoms with Gasteiger partial charge in [-0.25, -0.2) is 0 Å². The summed E-state index contributed by atoms with van der Waals surface area (Å²) in [6.45, 7) is 1.94. The van der Waals surface area contributed by atoms with Gasteiger partial charge in [-0.1, -0.05) is 0 Å². The van der Waals surface area contributed by atoms with Gasteiger partial charge < -0.3 is 4.90 Å². The predicted molar refractivity (Wildman–Crippen MR) is 88.0 cm³/mol. The zero-order valence-electron chi connectivity index (χ0n) is 12.3. The third-order valence-corrected chi connectivity index (χ3v) is 4.69. The maximum absolute atomic E-state index is 10.8. The molecule has 1 saturated heterocycles. The minimum atomic E-state index is -0.371. The smallest absolute Gasteiger partial charge is 0.270 e. The summed E-state index contributed by atoms with van der Waals surface area (Å²) in [5, 5.41) is 15.0. The molecule has 116 valence electrons. The third-order valence-electron chi connectivity index (χ3n) is 4.05. The van der Waals surface area contributed by atoms with E-state index in [-0.39, 0.29) is 10.6 Å². The van der Waals surface area contributed by atoms with Crippen LogP contribution >= 0.6 is 15.9 Å². The molecule has 1 aromatic carbocycles. The van der Waals surface area contributed by atoms with Crippen molar-refractivity contribution in [2.45, 2.75) is 12.8 Å². The molecule has 0 saturated carbocycles. The van der Waals surface area contributed by atoms with Crippen LogP contribution in [0.25, 0.3) is 0 Å². The molecule has 0 N–H and O–H groups in total. The van der Waals surface area contributed by atoms with Gasteiger partial charge in [-0.15, -0.1) is 0 Å². The summed E-state index contributed by atoms with van der Waals surface area (Å²) < 4.78 is 2.61. The summed E-state index contributed by atoms with van der Waals surface area (Å²) in [7, 11) is 1.93. The molecule has 0 aliphatic carbocycles. The van der Waals surface area contributed by atoms with Gasteiger partial charge in [0.05, 0.1) is 16.8 Å². The Morgan fingerprint density at radius 1 is 1.50 bits per heavy atom. The highest BCUT2D eigenvalue weighted by atomic mass is 79.9. The first-order valence-corrected chi connectivity index (χ1v) is 7.98. The molecule has 2 aromatic rings. The largest absolute Gasteiger partial charge is 0.370 e. The van der Waals surface area contributed by atoms with Gasteiger partial charge in [0, 0.05) is 42.9 Å². The molecule has 1 aliphatic rings. The fraction of sp³-hybridized carbons (Fsp3) is 0.400. The van der Waals surface area contributed by atoms with Crippen molar-refractivity contribution in [3.05, 3.63) is 50.7 Å². The first-order valence-electron chi connectivity index (χ1n) is 7.19. The van der Waals surface area contributed by atoms with Crippen LogP contribution in [0, 0.1) is 16.0 Å². The van der Waals surface area contributed by atoms with Gasteiger partial charge in [-0.05, 0) is 46.3 Å². The number of nitro benzene ring substituents is 1. The number of hydrogen-bond acceptors (Lipinski definition) is 4. The van der Waals surface area contributed by atoms with Crippen LogP contribution in [0.15, 0.2) is 35.1 Å². The Morgan fingerprint density at radius 2 is 2.32 bits per heavy atom. The average Bonchev–Trinajstić information content (AvgIpc) is 3.08. The molecule has 3 rings (SSSR count). The van der Waals surface area contributed by atoms with Gasteiger partial charge in [-0.3, -0.25) is 14.8 Å². The molecule has 6 nitrogen and oxygen atoms in total. The summed E-state index contributed by atoms with van der Waals surface area (Å²) in [6, 6.07) is 4.97. The lowest BCUT2D eigenvalue weighted by Gasteiger charge is -2.20. The lowest BCUT2D eigenvalue weighted by atomic mass is 10.0. The van der Waals surface area contributed by atoms with E-state index in [9.17, 15) is 10.1 Å². The quantitative estimate of drug-likeness (QED) is 0.617. The van der Waals surface area contributed by atoms with E-state index in [2.05, 4.69) is 32.1 Å². The summed E-state index contributed by atoms with van der Waals surface area (Å²) in [6.07, 6.45) is 6.13. The van der Waals surface area contributed by atoms with Gasteiger partial charge in [0.2, 0.25) is 0 Å². The third kappa shape index (κ3) is 3.14. The number of aryl methyl sites for hydroxylation is 1. The van der Waals surface area contributed by atoms with Crippen LogP contribution in [0.3, 0.4) is 0 Å². The highest BCUT2D eigenvalue weighted by molar-refractivity contribution is 9.10. The van der Waals surface area contributed by atoms with Gasteiger partial charge in [0.1, 0.15) is 0 Å². The Balaban J connectivity index is 1.68. The summed E-state index contributed by atoms with van der Waals surface area (Å²) in [5.74, 6) is 0.589. The second-order valence-corrected chi connectivity index (χ2v) is 6.57. The summed E-state index contributed by atoms with van der Waals surface area (Å²) >= 11 is 3.46. The normalized spacial score (nSPS) is 17.9. The van der Waals surface area contributed by atoms with E-state index in [4.69, 9.17) is 0 Å². The first kappa shape index (κ1) is 15.0. The summed E-state index contributed by atoms with van der Waals surface area (Å²) in [4.78, 5) is 12.7. The molecule has 0 bridgehead atoms. The van der Waals surface area contributed by atoms with Crippen LogP contribution in [-0.2, 0) is 13.5 Å². The summed E-state index contributed by atoms with van der Waals surface area (Å²) in [5.41, 5.74) is 2.40. The number of rotatable bonds is 4. The van der Waals surface area contributed by atoms with Crippen LogP contribution in [0.2, 0.25) is 0 Å². The van der Waals surface area contributed by atoms with Crippen LogP contribution in [0.1, 0.15) is 12.0 Å². The zero-order chi connectivity index (χ0) is 15.7. The second kappa shape index (κ2) is 6.08. The second-order valence-electron chi connectivity index (χ2n) is 5.72. The Kier molecular flexibility index (Phi) is 4.15. The topological polar surface area (TPSA) is 64.2 Å². The minimum Gasteiger partial charge on any atom is -0.370 e. The fourth-order valence-electron chi connectivity index (χ4n) is 2.99. The number of benzene rings is 1. The standard InChI is InChI=1S/C15H17BrN4O2/c1-18-9-12(8-17-18)6-11-4-5-19(10-11)15-3-2-13(20(21)22)7-14(15)16/h2-3,7-9,11H,4-6,10H2,1H3. The zero-order valence-corrected chi connectivity index (χ0v) is 13.9. The Bertz CT molecular complexity index is 701. The molecule has 1 unspecified atom stereocenters. The fourth-order valence-corrected chi connectivity index (χ4v) is 3.61. The van der Waals surface area contributed by atoms with Crippen molar-refractivity contribution in [1.29, 1.82) is 0 Å². The molecule has 1 aliphatic heterocycles. The number of aromatic nitrogens is 2. The molecule has 1 aromatic heterocycles. The molecule has 22 heavy (non-hydrogen) atoms. The molecule has 0 spiro atoms. The lowest BCUT2D eigenvalue weighted by Crippen LogP contribution is -2.20. The van der Waals surface area contributed by atoms with Crippen molar-refractivity contribution < 1.29 is 4.92 Å². The van der Waals surface area contributed by atoms with E-state index in [1.165, 1.54) is 5.56 Å². The van der Waals surface area contributed by atoms with E-state index < -0.39 is 0 Å². The Labute approximate surface area is 137 Å². The number of anilines is 1. The van der Waals surface area contributed by atoms with Crippen molar-refractivity contribution in [2.24, 2.45) is 13.0 Å². The van der Waals surface area contributed by atoms with Gasteiger partial charge >= 0.3 is 0 Å². The van der Waals surface area contributed by atoms with Gasteiger partial charge in [-0.2, -0.15) is 5.10 Å². The van der Waals surface area contributed by atoms with Gasteiger partial charge in [0.15, 0.2) is 0 Å². The molecule has 1 atom stereocenters. The molecule has 2 heterocycles. The van der Waals surface area contributed by atoms with E-state index in [0.29, 0.717) is 5.92 Å². The van der Waals surface area contributed by atoms with Crippen LogP contribution in [0.4, 0.5) is 11.4 Å². The lowest BCUT2D eigenvalue weighted by molar-refractivity contribution is -0.384. The maximum Gasteiger partial charge on any atom is 0.270 e. The monoisotopic (exact) mass is 364 g/mol. The highest BCUT2D eigenvalue weighted by Crippen LogP contribution is 2.34. The first-order chi connectivity index (χ1) is 10.5. The number of nitrogens with zero attached hydrogens (tertiary/aromatic N) is 4. The maximum atomic E-state index is 10.8. The minimum absolute atomic E-state index is 0.113. The number of non-ortho nitro benzene ring substituents is 1. The number of nitro groups is 1. The number of hydrogen-bond donors (Lipinski definition) is 0. The van der Waals surface area contributed by atoms with Crippen LogP contribution in [0.5, 0.6) is 0 Å². The van der Waals surface area contributed by atoms with Crippen molar-refractivity contribution in [3.63, 3.8) is 0 Å². The van der Waals surface area contributed by atoms with Gasteiger partial charge in [0.25, 0.3) is 5.69 Å². The molecule has 1 fully saturated rings. The molecule has 7 heteroatoms. The van der Waals surface area contributed by atoms with Crippen LogP contribution in [-0.4, -0.2) is 27.8 Å².